The molecule has 0 radical (unpaired) electrons. The van der Waals surface area contributed by atoms with E-state index in [4.69, 9.17) is 0 Å². The van der Waals surface area contributed by atoms with Gasteiger partial charge >= 0.3 is 5.97 Å². The molecule has 0 spiro atoms. The molecule has 0 heterocycles. The first-order valence-corrected chi connectivity index (χ1v) is 7.29. The van der Waals surface area contributed by atoms with Crippen molar-refractivity contribution < 1.29 is 14.3 Å². The highest BCUT2D eigenvalue weighted by molar-refractivity contribution is 5.78. The first kappa shape index (κ1) is 17.1. The van der Waals surface area contributed by atoms with Crippen LogP contribution in [0.25, 0.3) is 0 Å². The van der Waals surface area contributed by atoms with Crippen LogP contribution < -0.4 is 0 Å². The van der Waals surface area contributed by atoms with Crippen LogP contribution in [0.5, 0.6) is 0 Å². The van der Waals surface area contributed by atoms with E-state index in [1.165, 1.54) is 13.5 Å². The normalized spacial score (nSPS) is 10.3. The van der Waals surface area contributed by atoms with E-state index in [0.29, 0.717) is 12.2 Å². The molecule has 0 N–H and O–H groups in total. The minimum Gasteiger partial charge on any atom is -0.469 e. The van der Waals surface area contributed by atoms with Gasteiger partial charge in [-0.05, 0) is 19.3 Å². The van der Waals surface area contributed by atoms with Gasteiger partial charge in [0.1, 0.15) is 5.78 Å². The lowest BCUT2D eigenvalue weighted by molar-refractivity contribution is -0.140. The zero-order valence-corrected chi connectivity index (χ0v) is 12.0. The number of carbonyl (C=O) groups is 2. The lowest BCUT2D eigenvalue weighted by atomic mass is 10.0. The van der Waals surface area contributed by atoms with Gasteiger partial charge in [0, 0.05) is 19.3 Å². The quantitative estimate of drug-likeness (QED) is 0.391. The molecule has 0 aliphatic rings. The van der Waals surface area contributed by atoms with E-state index >= 15 is 0 Å². The SMILES string of the molecule is CCCCC(=O)CCCCCCCCC(=O)OC. The predicted octanol–water partition coefficient (Wildman–Crippen LogP) is 4.04. The third kappa shape index (κ3) is 11.6. The molecule has 0 atom stereocenters. The first-order chi connectivity index (χ1) is 8.70. The van der Waals surface area contributed by atoms with Crippen LogP contribution >= 0.6 is 0 Å². The number of Topliss-reactive ketones (excluding diaryl/α,β-unsaturated/α-hetero) is 1. The van der Waals surface area contributed by atoms with Gasteiger partial charge in [0.05, 0.1) is 7.11 Å². The van der Waals surface area contributed by atoms with E-state index in [1.54, 1.807) is 0 Å². The maximum Gasteiger partial charge on any atom is 0.305 e. The third-order valence-corrected chi connectivity index (χ3v) is 3.12. The molecule has 0 unspecified atom stereocenters. The number of hydrogen-bond acceptors (Lipinski definition) is 3. The molecule has 0 aromatic rings. The number of unbranched alkanes of at least 4 members (excludes halogenated alkanes) is 6. The van der Waals surface area contributed by atoms with Crippen LogP contribution in [0.4, 0.5) is 0 Å². The monoisotopic (exact) mass is 256 g/mol. The Morgan fingerprint density at radius 2 is 1.28 bits per heavy atom. The van der Waals surface area contributed by atoms with Crippen LogP contribution in [-0.4, -0.2) is 18.9 Å². The fourth-order valence-electron chi connectivity index (χ4n) is 1.90. The van der Waals surface area contributed by atoms with E-state index in [-0.39, 0.29) is 5.97 Å². The van der Waals surface area contributed by atoms with Gasteiger partial charge in [0.25, 0.3) is 0 Å². The van der Waals surface area contributed by atoms with Crippen LogP contribution in [0.3, 0.4) is 0 Å². The van der Waals surface area contributed by atoms with Crippen molar-refractivity contribution in [1.29, 1.82) is 0 Å². The number of carbonyl (C=O) groups excluding carboxylic acids is 2. The molecular formula is C15H28O3. The lowest BCUT2D eigenvalue weighted by Crippen LogP contribution is -1.99. The molecule has 0 fully saturated rings. The van der Waals surface area contributed by atoms with Crippen molar-refractivity contribution in [2.24, 2.45) is 0 Å². The number of esters is 1. The largest absolute Gasteiger partial charge is 0.469 e. The molecular weight excluding hydrogens is 228 g/mol. The van der Waals surface area contributed by atoms with Crippen LogP contribution in [0, 0.1) is 0 Å². The maximum absolute atomic E-state index is 11.4. The summed E-state index contributed by atoms with van der Waals surface area (Å²) in [5.74, 6) is 0.305. The molecule has 0 bridgehead atoms. The Balaban J connectivity index is 3.16. The Hall–Kier alpha value is -0.860. The van der Waals surface area contributed by atoms with Crippen molar-refractivity contribution in [3.05, 3.63) is 0 Å². The van der Waals surface area contributed by atoms with Crippen molar-refractivity contribution in [3.63, 3.8) is 0 Å². The molecule has 0 rings (SSSR count). The number of ether oxygens (including phenoxy) is 1. The van der Waals surface area contributed by atoms with Crippen LogP contribution in [0.2, 0.25) is 0 Å². The molecule has 3 nitrogen and oxygen atoms in total. The van der Waals surface area contributed by atoms with Gasteiger partial charge in [-0.15, -0.1) is 0 Å². The summed E-state index contributed by atoms with van der Waals surface area (Å²) in [6.45, 7) is 2.11. The number of ketones is 1. The number of rotatable bonds is 12. The van der Waals surface area contributed by atoms with E-state index in [2.05, 4.69) is 11.7 Å². The fraction of sp³-hybridized carbons (Fsp3) is 0.867. The number of hydrogen-bond donors (Lipinski definition) is 0. The Morgan fingerprint density at radius 3 is 1.83 bits per heavy atom. The van der Waals surface area contributed by atoms with Gasteiger partial charge < -0.3 is 4.74 Å². The fourth-order valence-corrected chi connectivity index (χ4v) is 1.90. The average molecular weight is 256 g/mol. The molecule has 18 heavy (non-hydrogen) atoms. The minimum absolute atomic E-state index is 0.114. The summed E-state index contributed by atoms with van der Waals surface area (Å²) in [5.41, 5.74) is 0. The summed E-state index contributed by atoms with van der Waals surface area (Å²) in [6, 6.07) is 0. The number of methoxy groups -OCH3 is 1. The molecule has 106 valence electrons. The van der Waals surface area contributed by atoms with E-state index in [0.717, 1.165) is 57.8 Å². The van der Waals surface area contributed by atoms with Crippen LogP contribution in [0.15, 0.2) is 0 Å². The highest BCUT2D eigenvalue weighted by Crippen LogP contribution is 2.10. The predicted molar refractivity (Wildman–Crippen MR) is 73.5 cm³/mol. The summed E-state index contributed by atoms with van der Waals surface area (Å²) in [7, 11) is 1.43. The van der Waals surface area contributed by atoms with Gasteiger partial charge in [0.2, 0.25) is 0 Å². The molecule has 0 saturated carbocycles. The van der Waals surface area contributed by atoms with Gasteiger partial charge in [0.15, 0.2) is 0 Å². The molecule has 0 aromatic carbocycles. The van der Waals surface area contributed by atoms with E-state index in [1.807, 2.05) is 0 Å². The second-order valence-corrected chi connectivity index (χ2v) is 4.84. The second-order valence-electron chi connectivity index (χ2n) is 4.84. The van der Waals surface area contributed by atoms with Crippen molar-refractivity contribution in [3.8, 4) is 0 Å². The van der Waals surface area contributed by atoms with Gasteiger partial charge in [-0.3, -0.25) is 9.59 Å². The highest BCUT2D eigenvalue weighted by atomic mass is 16.5. The third-order valence-electron chi connectivity index (χ3n) is 3.12. The zero-order valence-electron chi connectivity index (χ0n) is 12.0. The van der Waals surface area contributed by atoms with Crippen molar-refractivity contribution in [2.75, 3.05) is 7.11 Å². The summed E-state index contributed by atoms with van der Waals surface area (Å²) in [6.07, 6.45) is 10.7. The smallest absolute Gasteiger partial charge is 0.305 e. The van der Waals surface area contributed by atoms with Gasteiger partial charge in [-0.2, -0.15) is 0 Å². The van der Waals surface area contributed by atoms with Crippen molar-refractivity contribution >= 4 is 11.8 Å². The highest BCUT2D eigenvalue weighted by Gasteiger charge is 2.01. The summed E-state index contributed by atoms with van der Waals surface area (Å²) in [4.78, 5) is 22.2. The van der Waals surface area contributed by atoms with Crippen LogP contribution in [0.1, 0.15) is 77.6 Å². The Labute approximate surface area is 111 Å². The zero-order chi connectivity index (χ0) is 13.6. The minimum atomic E-state index is -0.114. The van der Waals surface area contributed by atoms with Gasteiger partial charge in [-0.1, -0.05) is 39.0 Å². The van der Waals surface area contributed by atoms with Crippen molar-refractivity contribution in [2.45, 2.75) is 77.6 Å². The van der Waals surface area contributed by atoms with E-state index < -0.39 is 0 Å². The molecule has 3 heteroatoms. The standard InChI is InChI=1S/C15H28O3/c1-3-4-11-14(16)12-9-7-5-6-8-10-13-15(17)18-2/h3-13H2,1-2H3. The Bertz CT molecular complexity index is 224. The van der Waals surface area contributed by atoms with Crippen LogP contribution in [-0.2, 0) is 14.3 Å². The topological polar surface area (TPSA) is 43.4 Å². The molecule has 0 aliphatic heterocycles. The Morgan fingerprint density at radius 1 is 0.778 bits per heavy atom. The molecule has 0 aliphatic carbocycles. The Kier molecular flexibility index (Phi) is 12.0. The maximum atomic E-state index is 11.4. The second kappa shape index (κ2) is 12.6. The summed E-state index contributed by atoms with van der Waals surface area (Å²) < 4.78 is 4.58. The summed E-state index contributed by atoms with van der Waals surface area (Å²) >= 11 is 0. The summed E-state index contributed by atoms with van der Waals surface area (Å²) in [5, 5.41) is 0. The lowest BCUT2D eigenvalue weighted by Gasteiger charge is -2.02. The van der Waals surface area contributed by atoms with E-state index in [9.17, 15) is 9.59 Å². The van der Waals surface area contributed by atoms with Crippen molar-refractivity contribution in [1.82, 2.24) is 0 Å². The average Bonchev–Trinajstić information content (AvgIpc) is 2.38. The molecule has 0 aromatic heterocycles. The molecule has 0 amide bonds. The molecule has 0 saturated heterocycles. The first-order valence-electron chi connectivity index (χ1n) is 7.29. The van der Waals surface area contributed by atoms with Gasteiger partial charge in [-0.25, -0.2) is 0 Å².